The molecule has 2 heterocycles. The molecule has 4 heteroatoms. The van der Waals surface area contributed by atoms with Crippen molar-refractivity contribution in [2.75, 3.05) is 19.6 Å². The molecule has 4 nitrogen and oxygen atoms in total. The molecular formula is C25H34N2O2. The van der Waals surface area contributed by atoms with Gasteiger partial charge in [0, 0.05) is 43.8 Å². The Hall–Kier alpha value is -1.84. The lowest BCUT2D eigenvalue weighted by atomic mass is 9.89. The van der Waals surface area contributed by atoms with E-state index >= 15 is 0 Å². The Labute approximate surface area is 174 Å². The van der Waals surface area contributed by atoms with Gasteiger partial charge in [-0.2, -0.15) is 0 Å². The highest BCUT2D eigenvalue weighted by Gasteiger charge is 2.50. The van der Waals surface area contributed by atoms with Gasteiger partial charge in [0.05, 0.1) is 6.04 Å². The molecular weight excluding hydrogens is 360 g/mol. The SMILES string of the molecule is O=C(CC1CCCC1)N1C[C@H]2CN(C(=O)C3CCCC3)[C@H](c3ccccc3)[C@H]2C1. The van der Waals surface area contributed by atoms with Gasteiger partial charge in [-0.15, -0.1) is 0 Å². The molecule has 2 aliphatic heterocycles. The van der Waals surface area contributed by atoms with Crippen LogP contribution in [0.2, 0.25) is 0 Å². The van der Waals surface area contributed by atoms with Crippen LogP contribution < -0.4 is 0 Å². The predicted octanol–water partition coefficient (Wildman–Crippen LogP) is 4.42. The highest BCUT2D eigenvalue weighted by molar-refractivity contribution is 5.80. The van der Waals surface area contributed by atoms with Gasteiger partial charge < -0.3 is 9.80 Å². The van der Waals surface area contributed by atoms with Crippen molar-refractivity contribution in [3.63, 3.8) is 0 Å². The van der Waals surface area contributed by atoms with E-state index in [9.17, 15) is 9.59 Å². The second-order valence-electron chi connectivity index (χ2n) is 9.90. The first-order valence-corrected chi connectivity index (χ1v) is 11.8. The molecule has 0 spiro atoms. The highest BCUT2D eigenvalue weighted by Crippen LogP contribution is 2.46. The number of carbonyl (C=O) groups excluding carboxylic acids is 2. The number of likely N-dealkylation sites (tertiary alicyclic amines) is 2. The van der Waals surface area contributed by atoms with Gasteiger partial charge in [0.15, 0.2) is 0 Å². The lowest BCUT2D eigenvalue weighted by molar-refractivity contribution is -0.137. The summed E-state index contributed by atoms with van der Waals surface area (Å²) in [7, 11) is 0. The van der Waals surface area contributed by atoms with Crippen LogP contribution in [-0.2, 0) is 9.59 Å². The van der Waals surface area contributed by atoms with E-state index in [0.717, 1.165) is 38.9 Å². The van der Waals surface area contributed by atoms with Crippen molar-refractivity contribution in [3.8, 4) is 0 Å². The molecule has 0 N–H and O–H groups in total. The van der Waals surface area contributed by atoms with Gasteiger partial charge in [0.2, 0.25) is 11.8 Å². The van der Waals surface area contributed by atoms with Crippen LogP contribution in [0, 0.1) is 23.7 Å². The highest BCUT2D eigenvalue weighted by atomic mass is 16.2. The van der Waals surface area contributed by atoms with Crippen molar-refractivity contribution in [3.05, 3.63) is 35.9 Å². The Morgan fingerprint density at radius 3 is 2.28 bits per heavy atom. The van der Waals surface area contributed by atoms with Gasteiger partial charge in [0.25, 0.3) is 0 Å². The maximum atomic E-state index is 13.4. The van der Waals surface area contributed by atoms with Gasteiger partial charge in [-0.3, -0.25) is 9.59 Å². The van der Waals surface area contributed by atoms with Crippen LogP contribution in [-0.4, -0.2) is 41.2 Å². The Kier molecular flexibility index (Phi) is 5.36. The summed E-state index contributed by atoms with van der Waals surface area (Å²) in [5.41, 5.74) is 1.25. The molecule has 156 valence electrons. The summed E-state index contributed by atoms with van der Waals surface area (Å²) in [6, 6.07) is 10.7. The van der Waals surface area contributed by atoms with Crippen molar-refractivity contribution >= 4 is 11.8 Å². The average molecular weight is 395 g/mol. The van der Waals surface area contributed by atoms with Crippen LogP contribution in [0.1, 0.15) is 69.4 Å². The van der Waals surface area contributed by atoms with Crippen LogP contribution >= 0.6 is 0 Å². The van der Waals surface area contributed by atoms with E-state index in [1.807, 2.05) is 6.07 Å². The van der Waals surface area contributed by atoms with E-state index in [1.165, 1.54) is 44.1 Å². The summed E-state index contributed by atoms with van der Waals surface area (Å²) in [6.45, 7) is 2.49. The zero-order valence-corrected chi connectivity index (χ0v) is 17.5. The molecule has 0 bridgehead atoms. The second-order valence-corrected chi connectivity index (χ2v) is 9.90. The minimum absolute atomic E-state index is 0.138. The third kappa shape index (κ3) is 3.71. The summed E-state index contributed by atoms with van der Waals surface area (Å²) < 4.78 is 0. The quantitative estimate of drug-likeness (QED) is 0.759. The number of fused-ring (bicyclic) bond motifs is 1. The predicted molar refractivity (Wildman–Crippen MR) is 113 cm³/mol. The van der Waals surface area contributed by atoms with E-state index in [0.29, 0.717) is 29.6 Å². The fraction of sp³-hybridized carbons (Fsp3) is 0.680. The first kappa shape index (κ1) is 19.1. The molecule has 2 saturated carbocycles. The maximum Gasteiger partial charge on any atom is 0.226 e. The third-order valence-corrected chi connectivity index (χ3v) is 8.08. The van der Waals surface area contributed by atoms with E-state index < -0.39 is 0 Å². The van der Waals surface area contributed by atoms with E-state index in [-0.39, 0.29) is 12.0 Å². The minimum atomic E-state index is 0.138. The van der Waals surface area contributed by atoms with Crippen LogP contribution in [0.25, 0.3) is 0 Å². The summed E-state index contributed by atoms with van der Waals surface area (Å²) in [6.07, 6.45) is 10.3. The Balaban J connectivity index is 1.33. The van der Waals surface area contributed by atoms with Crippen molar-refractivity contribution in [2.45, 2.75) is 63.8 Å². The third-order valence-electron chi connectivity index (χ3n) is 8.08. The largest absolute Gasteiger partial charge is 0.342 e. The van der Waals surface area contributed by atoms with Crippen LogP contribution in [0.15, 0.2) is 30.3 Å². The smallest absolute Gasteiger partial charge is 0.226 e. The van der Waals surface area contributed by atoms with Gasteiger partial charge in [0.1, 0.15) is 0 Å². The molecule has 0 aromatic heterocycles. The number of benzene rings is 1. The zero-order chi connectivity index (χ0) is 19.8. The maximum absolute atomic E-state index is 13.4. The molecule has 1 aromatic carbocycles. The molecule has 2 saturated heterocycles. The zero-order valence-electron chi connectivity index (χ0n) is 17.5. The van der Waals surface area contributed by atoms with Crippen LogP contribution in [0.5, 0.6) is 0 Å². The lowest BCUT2D eigenvalue weighted by Gasteiger charge is -2.32. The molecule has 2 amide bonds. The molecule has 4 aliphatic rings. The molecule has 2 aliphatic carbocycles. The number of nitrogens with zero attached hydrogens (tertiary/aromatic N) is 2. The van der Waals surface area contributed by atoms with E-state index in [4.69, 9.17) is 0 Å². The standard InChI is InChI=1S/C25H34N2O2/c28-23(14-18-8-4-5-9-18)26-15-21-16-27(25(29)20-12-6-7-13-20)24(22(21)17-26)19-10-2-1-3-11-19/h1-3,10-11,18,20-22,24H,4-9,12-17H2/t21-,22-,24+/m0/s1. The summed E-state index contributed by atoms with van der Waals surface area (Å²) >= 11 is 0. The molecule has 5 rings (SSSR count). The summed E-state index contributed by atoms with van der Waals surface area (Å²) in [4.78, 5) is 30.6. The van der Waals surface area contributed by atoms with Crippen molar-refractivity contribution in [1.82, 2.24) is 9.80 Å². The second kappa shape index (κ2) is 8.12. The van der Waals surface area contributed by atoms with E-state index in [2.05, 4.69) is 34.1 Å². The van der Waals surface area contributed by atoms with Crippen molar-refractivity contribution in [1.29, 1.82) is 0 Å². The topological polar surface area (TPSA) is 40.6 Å². The number of carbonyl (C=O) groups is 2. The fourth-order valence-electron chi connectivity index (χ4n) is 6.55. The molecule has 4 fully saturated rings. The minimum Gasteiger partial charge on any atom is -0.342 e. The first-order chi connectivity index (χ1) is 14.2. The Morgan fingerprint density at radius 1 is 0.862 bits per heavy atom. The summed E-state index contributed by atoms with van der Waals surface area (Å²) in [5.74, 6) is 2.36. The fourth-order valence-corrected chi connectivity index (χ4v) is 6.55. The van der Waals surface area contributed by atoms with E-state index in [1.54, 1.807) is 0 Å². The van der Waals surface area contributed by atoms with Crippen LogP contribution in [0.3, 0.4) is 0 Å². The number of hydrogen-bond acceptors (Lipinski definition) is 2. The van der Waals surface area contributed by atoms with Gasteiger partial charge >= 0.3 is 0 Å². The Bertz CT molecular complexity index is 736. The number of hydrogen-bond donors (Lipinski definition) is 0. The van der Waals surface area contributed by atoms with Crippen LogP contribution in [0.4, 0.5) is 0 Å². The summed E-state index contributed by atoms with van der Waals surface area (Å²) in [5, 5.41) is 0. The lowest BCUT2D eigenvalue weighted by Crippen LogP contribution is -2.39. The van der Waals surface area contributed by atoms with Gasteiger partial charge in [-0.05, 0) is 37.2 Å². The molecule has 0 unspecified atom stereocenters. The number of rotatable bonds is 4. The van der Waals surface area contributed by atoms with Crippen molar-refractivity contribution in [2.24, 2.45) is 23.7 Å². The normalized spacial score (nSPS) is 30.3. The Morgan fingerprint density at radius 2 is 1.55 bits per heavy atom. The van der Waals surface area contributed by atoms with Gasteiger partial charge in [-0.1, -0.05) is 56.0 Å². The van der Waals surface area contributed by atoms with Gasteiger partial charge in [-0.25, -0.2) is 0 Å². The monoisotopic (exact) mass is 394 g/mol. The van der Waals surface area contributed by atoms with Crippen molar-refractivity contribution < 1.29 is 9.59 Å². The molecule has 29 heavy (non-hydrogen) atoms. The molecule has 3 atom stereocenters. The molecule has 0 radical (unpaired) electrons. The molecule has 1 aromatic rings. The number of amides is 2. The first-order valence-electron chi connectivity index (χ1n) is 11.8. The average Bonchev–Trinajstić information content (AvgIpc) is 3.51.